The van der Waals surface area contributed by atoms with Crippen LogP contribution in [0, 0.1) is 50.2 Å². The number of rotatable bonds is 10. The Balaban J connectivity index is 1.03. The van der Waals surface area contributed by atoms with Crippen molar-refractivity contribution in [2.75, 3.05) is 26.4 Å². The van der Waals surface area contributed by atoms with Gasteiger partial charge in [-0.05, 0) is 97.2 Å². The molecular weight excluding hydrogens is 868 g/mol. The highest BCUT2D eigenvalue weighted by Gasteiger charge is 2.71. The summed E-state index contributed by atoms with van der Waals surface area (Å²) < 4.78 is 35.1. The van der Waals surface area contributed by atoms with Crippen LogP contribution in [0.15, 0.2) is 11.6 Å². The number of aliphatic hydroxyl groups excluding tert-OH is 11. The molecular formula is C47H76O19. The van der Waals surface area contributed by atoms with E-state index in [-0.39, 0.29) is 48.0 Å². The molecule has 0 amide bonds. The third-order valence-corrected chi connectivity index (χ3v) is 19.1. The molecule has 378 valence electrons. The van der Waals surface area contributed by atoms with Crippen molar-refractivity contribution in [3.63, 3.8) is 0 Å². The SMILES string of the molecule is CC1(C)CC[C@]2(C(=O)O[C@@H]3O[C@H](CO)[C@@H](O)[C@H](O)[C@H]3O)CC[C@]3(C)C(=CCC4[C@@]5(C)C[C@H](O)[C@H](O[C@@H]6O[C@H](CO)[C@@H](O[C@H]7C[C@H](O)[C@@](O)(CO)O7)[C@H](O)[C@H]6O)[C@@](C)(CO)C5CC[C@]43C)C2C1. The van der Waals surface area contributed by atoms with Crippen LogP contribution >= 0.6 is 0 Å². The van der Waals surface area contributed by atoms with E-state index in [0.717, 1.165) is 12.8 Å². The minimum atomic E-state index is -2.30. The molecule has 0 aromatic carbocycles. The summed E-state index contributed by atoms with van der Waals surface area (Å²) in [5, 5.41) is 128. The molecule has 3 aliphatic heterocycles. The van der Waals surface area contributed by atoms with Crippen molar-refractivity contribution in [3.8, 4) is 0 Å². The van der Waals surface area contributed by atoms with Crippen LogP contribution in [0.4, 0.5) is 0 Å². The standard InChI is InChI=1S/C47H76O19/c1-41(2)11-13-46(40(59)65-39-34(57)32(55)31(54)25(18-48)61-39)14-12-44(5)22(23(46)16-41)7-8-28-42(3)17-24(52)37(43(4,20-50)27(42)9-10-45(28,44)6)64-38-35(58)33(56)36(26(19-49)62-38)63-30-15-29(53)47(60,21-51)66-30/h7,23-39,48-58,60H,8-21H2,1-6H3/t23?,24-,25+,26+,27?,28?,29-,30+,31+,32-,33+,34+,35+,36+,37-,38-,39-,42-,43-,44+,45+,46-,47+/m0/s1. The predicted octanol–water partition coefficient (Wildman–Crippen LogP) is -0.928. The van der Waals surface area contributed by atoms with Crippen molar-refractivity contribution in [1.82, 2.24) is 0 Å². The minimum Gasteiger partial charge on any atom is -0.432 e. The van der Waals surface area contributed by atoms with Crippen LogP contribution in [0.25, 0.3) is 0 Å². The Morgan fingerprint density at radius 1 is 0.727 bits per heavy atom. The van der Waals surface area contributed by atoms with Crippen LogP contribution in [0.1, 0.15) is 106 Å². The number of allylic oxidation sites excluding steroid dienone is 2. The molecule has 19 nitrogen and oxygen atoms in total. The van der Waals surface area contributed by atoms with Crippen molar-refractivity contribution in [2.24, 2.45) is 50.2 Å². The number of carbonyl (C=O) groups is 1. The normalized spacial score (nSPS) is 54.6. The summed E-state index contributed by atoms with van der Waals surface area (Å²) in [5.74, 6) is -3.24. The van der Waals surface area contributed by atoms with Crippen LogP contribution in [0.5, 0.6) is 0 Å². The van der Waals surface area contributed by atoms with E-state index in [4.69, 9.17) is 28.4 Å². The fourth-order valence-electron chi connectivity index (χ4n) is 15.0. The molecule has 8 rings (SSSR count). The summed E-state index contributed by atoms with van der Waals surface area (Å²) in [6, 6.07) is 0. The number of hydrogen-bond donors (Lipinski definition) is 12. The first-order chi connectivity index (χ1) is 30.8. The van der Waals surface area contributed by atoms with Crippen molar-refractivity contribution in [3.05, 3.63) is 11.6 Å². The quantitative estimate of drug-likeness (QED) is 0.0715. The second-order valence-corrected chi connectivity index (χ2v) is 23.1. The lowest BCUT2D eigenvalue weighted by atomic mass is 9.33. The lowest BCUT2D eigenvalue weighted by Gasteiger charge is -2.72. The smallest absolute Gasteiger partial charge is 0.315 e. The zero-order valence-electron chi connectivity index (χ0n) is 39.0. The summed E-state index contributed by atoms with van der Waals surface area (Å²) in [7, 11) is 0. The van der Waals surface area contributed by atoms with Gasteiger partial charge in [0.1, 0.15) is 54.9 Å². The molecule has 0 radical (unpaired) electrons. The average molecular weight is 945 g/mol. The molecule has 0 spiro atoms. The second-order valence-electron chi connectivity index (χ2n) is 23.1. The number of ether oxygens (including phenoxy) is 6. The lowest BCUT2D eigenvalue weighted by Crippen LogP contribution is -2.69. The van der Waals surface area contributed by atoms with Gasteiger partial charge in [0.05, 0.1) is 44.1 Å². The number of hydrogen-bond acceptors (Lipinski definition) is 19. The van der Waals surface area contributed by atoms with Crippen molar-refractivity contribution in [2.45, 2.75) is 198 Å². The van der Waals surface area contributed by atoms with E-state index in [1.54, 1.807) is 0 Å². The van der Waals surface area contributed by atoms with E-state index in [2.05, 4.69) is 40.7 Å². The van der Waals surface area contributed by atoms with Gasteiger partial charge in [0.2, 0.25) is 12.1 Å². The average Bonchev–Trinajstić information content (AvgIpc) is 3.56. The molecule has 23 atom stereocenters. The Morgan fingerprint density at radius 3 is 2.02 bits per heavy atom. The monoisotopic (exact) mass is 944 g/mol. The summed E-state index contributed by atoms with van der Waals surface area (Å²) in [6.07, 6.45) is -13.2. The highest BCUT2D eigenvalue weighted by molar-refractivity contribution is 5.79. The number of aliphatic hydroxyl groups is 12. The number of fused-ring (bicyclic) bond motifs is 7. The highest BCUT2D eigenvalue weighted by Crippen LogP contribution is 2.76. The highest BCUT2D eigenvalue weighted by atomic mass is 16.8. The molecule has 0 bridgehead atoms. The van der Waals surface area contributed by atoms with E-state index in [9.17, 15) is 66.1 Å². The van der Waals surface area contributed by atoms with Gasteiger partial charge >= 0.3 is 5.97 Å². The first kappa shape index (κ1) is 50.9. The van der Waals surface area contributed by atoms with E-state index >= 15 is 0 Å². The van der Waals surface area contributed by atoms with Gasteiger partial charge in [-0.2, -0.15) is 0 Å². The summed E-state index contributed by atoms with van der Waals surface area (Å²) in [6.45, 7) is 10.4. The molecule has 3 saturated heterocycles. The fraction of sp³-hybridized carbons (Fsp3) is 0.936. The maximum absolute atomic E-state index is 14.7. The van der Waals surface area contributed by atoms with Gasteiger partial charge in [0.25, 0.3) is 0 Å². The van der Waals surface area contributed by atoms with Gasteiger partial charge in [0, 0.05) is 11.8 Å². The summed E-state index contributed by atoms with van der Waals surface area (Å²) in [5.41, 5.74) is -2.22. The van der Waals surface area contributed by atoms with E-state index in [1.165, 1.54) is 5.57 Å². The Morgan fingerprint density at radius 2 is 1.38 bits per heavy atom. The maximum Gasteiger partial charge on any atom is 0.315 e. The first-order valence-electron chi connectivity index (χ1n) is 24.0. The van der Waals surface area contributed by atoms with Gasteiger partial charge in [-0.15, -0.1) is 0 Å². The van der Waals surface area contributed by atoms with E-state index in [1.807, 2.05) is 6.92 Å². The van der Waals surface area contributed by atoms with Crippen molar-refractivity contribution < 1.29 is 94.5 Å². The molecule has 12 N–H and O–H groups in total. The molecule has 19 heteroatoms. The molecule has 5 aliphatic carbocycles. The predicted molar refractivity (Wildman–Crippen MR) is 227 cm³/mol. The topological polar surface area (TPSA) is 315 Å². The molecule has 4 saturated carbocycles. The van der Waals surface area contributed by atoms with Crippen LogP contribution < -0.4 is 0 Å². The Labute approximate surface area is 385 Å². The molecule has 0 aromatic rings. The molecule has 66 heavy (non-hydrogen) atoms. The van der Waals surface area contributed by atoms with Crippen molar-refractivity contribution >= 4 is 5.97 Å². The molecule has 0 aromatic heterocycles. The molecule has 3 heterocycles. The van der Waals surface area contributed by atoms with Gasteiger partial charge < -0.3 is 89.7 Å². The van der Waals surface area contributed by atoms with Gasteiger partial charge in [-0.25, -0.2) is 0 Å². The van der Waals surface area contributed by atoms with E-state index in [0.29, 0.717) is 38.5 Å². The third-order valence-electron chi connectivity index (χ3n) is 19.1. The Kier molecular flexibility index (Phi) is 13.6. The lowest BCUT2D eigenvalue weighted by molar-refractivity contribution is -0.363. The first-order valence-corrected chi connectivity index (χ1v) is 24.0. The number of esters is 1. The van der Waals surface area contributed by atoms with Crippen LogP contribution in [0.3, 0.4) is 0 Å². The van der Waals surface area contributed by atoms with Crippen LogP contribution in [-0.4, -0.2) is 185 Å². The second kappa shape index (κ2) is 17.7. The summed E-state index contributed by atoms with van der Waals surface area (Å²) in [4.78, 5) is 14.7. The molecule has 3 unspecified atom stereocenters. The molecule has 8 aliphatic rings. The van der Waals surface area contributed by atoms with Gasteiger partial charge in [-0.1, -0.05) is 53.2 Å². The maximum atomic E-state index is 14.7. The zero-order valence-corrected chi connectivity index (χ0v) is 39.0. The third kappa shape index (κ3) is 7.68. The minimum absolute atomic E-state index is 0.0129. The van der Waals surface area contributed by atoms with Crippen molar-refractivity contribution in [1.29, 1.82) is 0 Å². The van der Waals surface area contributed by atoms with E-state index < -0.39 is 139 Å². The largest absolute Gasteiger partial charge is 0.432 e. The van der Waals surface area contributed by atoms with Crippen LogP contribution in [0.2, 0.25) is 0 Å². The Hall–Kier alpha value is -1.47. The van der Waals surface area contributed by atoms with Gasteiger partial charge in [-0.3, -0.25) is 4.79 Å². The summed E-state index contributed by atoms with van der Waals surface area (Å²) >= 11 is 0. The zero-order chi connectivity index (χ0) is 48.3. The fourth-order valence-corrected chi connectivity index (χ4v) is 15.0. The van der Waals surface area contributed by atoms with Gasteiger partial charge in [0.15, 0.2) is 12.6 Å². The number of carbonyl (C=O) groups excluding carboxylic acids is 1. The van der Waals surface area contributed by atoms with Crippen LogP contribution in [-0.2, 0) is 33.2 Å². The Bertz CT molecular complexity index is 1810. The molecule has 7 fully saturated rings.